The van der Waals surface area contributed by atoms with Crippen LogP contribution in [0.4, 0.5) is 0 Å². The maximum atomic E-state index is 12.8. The Morgan fingerprint density at radius 2 is 1.72 bits per heavy atom. The van der Waals surface area contributed by atoms with Gasteiger partial charge in [-0.25, -0.2) is 0 Å². The molecule has 0 spiro atoms. The zero-order valence-electron chi connectivity index (χ0n) is 17.1. The highest BCUT2D eigenvalue weighted by molar-refractivity contribution is 6.02. The third kappa shape index (κ3) is 4.70. The molecule has 8 nitrogen and oxygen atoms in total. The molecular formula is C21H28O8. The number of ether oxygens (including phenoxy) is 3. The Hall–Kier alpha value is -2.61. The Morgan fingerprint density at radius 1 is 1.10 bits per heavy atom. The molecule has 0 radical (unpaired) electrons. The topological polar surface area (TPSA) is 119 Å². The van der Waals surface area contributed by atoms with Gasteiger partial charge in [0.05, 0.1) is 31.3 Å². The molecule has 0 aromatic heterocycles. The van der Waals surface area contributed by atoms with Crippen molar-refractivity contribution in [1.82, 2.24) is 0 Å². The van der Waals surface area contributed by atoms with Crippen molar-refractivity contribution in [2.24, 2.45) is 11.8 Å². The molecule has 0 aliphatic heterocycles. The van der Waals surface area contributed by atoms with Crippen molar-refractivity contribution < 1.29 is 38.8 Å². The number of phenols is 1. The first kappa shape index (κ1) is 22.7. The first-order chi connectivity index (χ1) is 13.7. The van der Waals surface area contributed by atoms with Crippen LogP contribution in [-0.2, 0) is 23.9 Å². The Labute approximate surface area is 169 Å². The molecule has 1 aliphatic carbocycles. The molecule has 160 valence electrons. The van der Waals surface area contributed by atoms with Gasteiger partial charge in [0.2, 0.25) is 0 Å². The summed E-state index contributed by atoms with van der Waals surface area (Å²) in [4.78, 5) is 38.3. The molecule has 1 aromatic rings. The molecule has 0 bridgehead atoms. The van der Waals surface area contributed by atoms with Crippen molar-refractivity contribution in [3.8, 4) is 11.5 Å². The lowest BCUT2D eigenvalue weighted by Gasteiger charge is -2.43. The van der Waals surface area contributed by atoms with Crippen molar-refractivity contribution in [3.05, 3.63) is 23.8 Å². The quantitative estimate of drug-likeness (QED) is 0.519. The van der Waals surface area contributed by atoms with Gasteiger partial charge in [-0.1, -0.05) is 6.07 Å². The molecule has 2 N–H and O–H groups in total. The van der Waals surface area contributed by atoms with Crippen LogP contribution in [0.2, 0.25) is 0 Å². The van der Waals surface area contributed by atoms with Crippen molar-refractivity contribution in [2.45, 2.75) is 45.6 Å². The van der Waals surface area contributed by atoms with E-state index in [1.807, 2.05) is 0 Å². The highest BCUT2D eigenvalue weighted by atomic mass is 16.5. The fourth-order valence-corrected chi connectivity index (χ4v) is 3.89. The SMILES string of the molecule is CCOC(=O)C1C(=O)CC(C)(O)C(C(=O)OCC)C1c1ccc(O)c(OCC)c1. The second kappa shape index (κ2) is 9.26. The molecule has 1 aliphatic rings. The number of carbonyl (C=O) groups is 3. The van der Waals surface area contributed by atoms with Crippen LogP contribution in [0.5, 0.6) is 11.5 Å². The Bertz CT molecular complexity index is 770. The summed E-state index contributed by atoms with van der Waals surface area (Å²) < 4.78 is 15.6. The molecule has 0 saturated heterocycles. The number of aromatic hydroxyl groups is 1. The maximum absolute atomic E-state index is 12.8. The number of Topliss-reactive ketones (excluding diaryl/α,β-unsaturated/α-hetero) is 1. The van der Waals surface area contributed by atoms with E-state index in [-0.39, 0.29) is 37.7 Å². The van der Waals surface area contributed by atoms with Crippen LogP contribution in [0.3, 0.4) is 0 Å². The molecule has 1 saturated carbocycles. The molecule has 8 heteroatoms. The molecule has 1 fully saturated rings. The number of hydrogen-bond acceptors (Lipinski definition) is 8. The van der Waals surface area contributed by atoms with Gasteiger partial charge in [0.15, 0.2) is 17.3 Å². The van der Waals surface area contributed by atoms with Gasteiger partial charge < -0.3 is 24.4 Å². The van der Waals surface area contributed by atoms with E-state index in [4.69, 9.17) is 14.2 Å². The van der Waals surface area contributed by atoms with Crippen LogP contribution >= 0.6 is 0 Å². The average molecular weight is 408 g/mol. The molecule has 0 heterocycles. The van der Waals surface area contributed by atoms with Gasteiger partial charge in [0, 0.05) is 12.3 Å². The van der Waals surface area contributed by atoms with Gasteiger partial charge in [0.1, 0.15) is 5.92 Å². The van der Waals surface area contributed by atoms with Crippen LogP contribution in [0, 0.1) is 11.8 Å². The third-order valence-corrected chi connectivity index (χ3v) is 5.02. The third-order valence-electron chi connectivity index (χ3n) is 5.02. The minimum absolute atomic E-state index is 0.0651. The van der Waals surface area contributed by atoms with E-state index in [1.165, 1.54) is 25.1 Å². The van der Waals surface area contributed by atoms with Crippen LogP contribution < -0.4 is 4.74 Å². The van der Waals surface area contributed by atoms with Crippen molar-refractivity contribution >= 4 is 17.7 Å². The van der Waals surface area contributed by atoms with E-state index in [2.05, 4.69) is 0 Å². The fraction of sp³-hybridized carbons (Fsp3) is 0.571. The number of aliphatic hydroxyl groups is 1. The van der Waals surface area contributed by atoms with Crippen LogP contribution in [0.15, 0.2) is 18.2 Å². The predicted octanol–water partition coefficient (Wildman–Crippen LogP) is 1.96. The van der Waals surface area contributed by atoms with Gasteiger partial charge in [0.25, 0.3) is 0 Å². The first-order valence-corrected chi connectivity index (χ1v) is 9.71. The van der Waals surface area contributed by atoms with Gasteiger partial charge in [-0.15, -0.1) is 0 Å². The minimum Gasteiger partial charge on any atom is -0.504 e. The van der Waals surface area contributed by atoms with Crippen molar-refractivity contribution in [3.63, 3.8) is 0 Å². The fourth-order valence-electron chi connectivity index (χ4n) is 3.89. The summed E-state index contributed by atoms with van der Waals surface area (Å²) in [6.45, 7) is 6.79. The zero-order valence-corrected chi connectivity index (χ0v) is 17.1. The summed E-state index contributed by atoms with van der Waals surface area (Å²) in [6.07, 6.45) is -0.382. The molecule has 0 amide bonds. The Morgan fingerprint density at radius 3 is 2.31 bits per heavy atom. The number of benzene rings is 1. The molecule has 29 heavy (non-hydrogen) atoms. The van der Waals surface area contributed by atoms with Gasteiger partial charge in [-0.05, 0) is 45.4 Å². The standard InChI is InChI=1S/C21H28O8/c1-5-27-15-10-12(8-9-13(15)22)16-17(19(24)28-6-2)14(23)11-21(4,26)18(16)20(25)29-7-3/h8-10,16-18,22,26H,5-7,11H2,1-4H3. The lowest BCUT2D eigenvalue weighted by Crippen LogP contribution is -2.55. The molecule has 2 rings (SSSR count). The van der Waals surface area contributed by atoms with E-state index >= 15 is 0 Å². The highest BCUT2D eigenvalue weighted by Gasteiger charge is 2.57. The summed E-state index contributed by atoms with van der Waals surface area (Å²) in [6, 6.07) is 4.32. The van der Waals surface area contributed by atoms with Crippen LogP contribution in [0.1, 0.15) is 45.6 Å². The van der Waals surface area contributed by atoms with Crippen molar-refractivity contribution in [1.29, 1.82) is 0 Å². The largest absolute Gasteiger partial charge is 0.504 e. The Kier molecular flexibility index (Phi) is 7.24. The van der Waals surface area contributed by atoms with Crippen molar-refractivity contribution in [2.75, 3.05) is 19.8 Å². The number of ketones is 1. The predicted molar refractivity (Wildman–Crippen MR) is 103 cm³/mol. The molecule has 4 atom stereocenters. The number of rotatable bonds is 7. The summed E-state index contributed by atoms with van der Waals surface area (Å²) >= 11 is 0. The highest BCUT2D eigenvalue weighted by Crippen LogP contribution is 2.48. The average Bonchev–Trinajstić information content (AvgIpc) is 2.62. The van der Waals surface area contributed by atoms with Crippen LogP contribution in [-0.4, -0.2) is 53.4 Å². The van der Waals surface area contributed by atoms with Gasteiger partial charge >= 0.3 is 11.9 Å². The zero-order chi connectivity index (χ0) is 21.8. The smallest absolute Gasteiger partial charge is 0.317 e. The lowest BCUT2D eigenvalue weighted by atomic mass is 9.61. The van der Waals surface area contributed by atoms with E-state index in [0.29, 0.717) is 5.56 Å². The van der Waals surface area contributed by atoms with E-state index in [0.717, 1.165) is 0 Å². The van der Waals surface area contributed by atoms with Crippen LogP contribution in [0.25, 0.3) is 0 Å². The number of carbonyl (C=O) groups excluding carboxylic acids is 3. The summed E-state index contributed by atoms with van der Waals surface area (Å²) in [5.74, 6) is -5.49. The lowest BCUT2D eigenvalue weighted by molar-refractivity contribution is -0.172. The summed E-state index contributed by atoms with van der Waals surface area (Å²) in [5, 5.41) is 20.9. The minimum atomic E-state index is -1.72. The van der Waals surface area contributed by atoms with Gasteiger partial charge in [-0.2, -0.15) is 0 Å². The molecule has 4 unspecified atom stereocenters. The molecular weight excluding hydrogens is 380 g/mol. The summed E-state index contributed by atoms with van der Waals surface area (Å²) in [7, 11) is 0. The van der Waals surface area contributed by atoms with E-state index in [1.54, 1.807) is 20.8 Å². The van der Waals surface area contributed by atoms with E-state index < -0.39 is 41.1 Å². The second-order valence-corrected chi connectivity index (χ2v) is 7.15. The first-order valence-electron chi connectivity index (χ1n) is 9.71. The number of hydrogen-bond donors (Lipinski definition) is 2. The normalized spacial score (nSPS) is 26.7. The monoisotopic (exact) mass is 408 g/mol. The number of phenolic OH excluding ortho intramolecular Hbond substituents is 1. The maximum Gasteiger partial charge on any atom is 0.317 e. The molecule has 1 aromatic carbocycles. The second-order valence-electron chi connectivity index (χ2n) is 7.15. The van der Waals surface area contributed by atoms with Gasteiger partial charge in [-0.3, -0.25) is 14.4 Å². The Balaban J connectivity index is 2.66. The summed E-state index contributed by atoms with van der Waals surface area (Å²) in [5.41, 5.74) is -1.34. The number of esters is 2. The van der Waals surface area contributed by atoms with E-state index in [9.17, 15) is 24.6 Å².